The van der Waals surface area contributed by atoms with Crippen molar-refractivity contribution in [2.45, 2.75) is 6.92 Å². The molecule has 0 radical (unpaired) electrons. The molecular formula is C25H24N2O4. The summed E-state index contributed by atoms with van der Waals surface area (Å²) in [6.45, 7) is 5.64. The molecule has 1 amide bonds. The third-order valence-electron chi connectivity index (χ3n) is 4.86. The normalized spacial score (nSPS) is 10.7. The Morgan fingerprint density at radius 3 is 2.06 bits per heavy atom. The summed E-state index contributed by atoms with van der Waals surface area (Å²) in [4.78, 5) is 17.2. The number of hydrogen-bond acceptors (Lipinski definition) is 5. The molecule has 0 spiro atoms. The summed E-state index contributed by atoms with van der Waals surface area (Å²) in [5.41, 5.74) is 6.20. The first kappa shape index (κ1) is 21.8. The summed E-state index contributed by atoms with van der Waals surface area (Å²) in [7, 11) is 3.09. The van der Waals surface area contributed by atoms with E-state index >= 15 is 0 Å². The summed E-state index contributed by atoms with van der Waals surface area (Å²) in [6.07, 6.45) is 5.12. The molecule has 0 saturated carbocycles. The Bertz CT molecular complexity index is 1120. The van der Waals surface area contributed by atoms with Crippen molar-refractivity contribution < 1.29 is 19.5 Å². The highest BCUT2D eigenvalue weighted by Gasteiger charge is 2.24. The van der Waals surface area contributed by atoms with Gasteiger partial charge in [-0.05, 0) is 36.3 Å². The molecule has 2 N–H and O–H groups in total. The average molecular weight is 416 g/mol. The molecule has 158 valence electrons. The van der Waals surface area contributed by atoms with Gasteiger partial charge >= 0.3 is 0 Å². The Kier molecular flexibility index (Phi) is 6.85. The molecule has 0 aliphatic carbocycles. The first-order valence-corrected chi connectivity index (χ1v) is 9.64. The number of hydrogen-bond donors (Lipinski definition) is 2. The van der Waals surface area contributed by atoms with Gasteiger partial charge in [0.25, 0.3) is 5.91 Å². The zero-order valence-corrected chi connectivity index (χ0v) is 17.7. The molecule has 2 aromatic carbocycles. The molecule has 6 heteroatoms. The fourth-order valence-electron chi connectivity index (χ4n) is 3.37. The summed E-state index contributed by atoms with van der Waals surface area (Å²) in [5.74, 6) is 0.353. The highest BCUT2D eigenvalue weighted by molar-refractivity contribution is 6.02. The summed E-state index contributed by atoms with van der Waals surface area (Å²) in [5, 5.41) is 9.27. The SMILES string of the molecule is C=Cc1c(/C=C\C)nc(-c2ccc(-c3ccc(OC)cc3)cc2)c(OC)c1C(=O)NO. The van der Waals surface area contributed by atoms with Crippen LogP contribution in [0.1, 0.15) is 28.5 Å². The topological polar surface area (TPSA) is 80.7 Å². The fraction of sp³-hybridized carbons (Fsp3) is 0.120. The summed E-state index contributed by atoms with van der Waals surface area (Å²) in [6, 6.07) is 15.6. The van der Waals surface area contributed by atoms with Crippen LogP contribution < -0.4 is 15.0 Å². The van der Waals surface area contributed by atoms with Crippen LogP contribution >= 0.6 is 0 Å². The predicted molar refractivity (Wildman–Crippen MR) is 122 cm³/mol. The Labute approximate surface area is 181 Å². The van der Waals surface area contributed by atoms with Gasteiger partial charge in [0.15, 0.2) is 5.75 Å². The van der Waals surface area contributed by atoms with E-state index < -0.39 is 5.91 Å². The number of nitrogens with zero attached hydrogens (tertiary/aromatic N) is 1. The van der Waals surface area contributed by atoms with Crippen LogP contribution in [0.2, 0.25) is 0 Å². The fourth-order valence-corrected chi connectivity index (χ4v) is 3.37. The maximum absolute atomic E-state index is 12.5. The number of carbonyl (C=O) groups is 1. The number of amides is 1. The second-order valence-corrected chi connectivity index (χ2v) is 6.62. The number of hydroxylamine groups is 1. The summed E-state index contributed by atoms with van der Waals surface area (Å²) < 4.78 is 10.8. The van der Waals surface area contributed by atoms with Crippen LogP contribution in [0, 0.1) is 0 Å². The molecule has 1 aromatic heterocycles. The lowest BCUT2D eigenvalue weighted by Crippen LogP contribution is -2.22. The lowest BCUT2D eigenvalue weighted by atomic mass is 9.97. The third-order valence-corrected chi connectivity index (χ3v) is 4.86. The first-order chi connectivity index (χ1) is 15.1. The Morgan fingerprint density at radius 1 is 1.00 bits per heavy atom. The van der Waals surface area contributed by atoms with Crippen molar-refractivity contribution >= 4 is 18.1 Å². The van der Waals surface area contributed by atoms with E-state index in [0.717, 1.165) is 22.4 Å². The van der Waals surface area contributed by atoms with Crippen LogP contribution in [0.5, 0.6) is 11.5 Å². The molecule has 0 fully saturated rings. The number of carbonyl (C=O) groups excluding carboxylic acids is 1. The van der Waals surface area contributed by atoms with E-state index in [4.69, 9.17) is 14.5 Å². The molecule has 3 rings (SSSR count). The number of pyridine rings is 1. The van der Waals surface area contributed by atoms with Crippen LogP contribution in [0.3, 0.4) is 0 Å². The molecule has 3 aromatic rings. The largest absolute Gasteiger partial charge is 0.497 e. The predicted octanol–water partition coefficient (Wildman–Crippen LogP) is 5.23. The van der Waals surface area contributed by atoms with Crippen LogP contribution in [0.4, 0.5) is 0 Å². The van der Waals surface area contributed by atoms with E-state index in [9.17, 15) is 10.0 Å². The molecule has 6 nitrogen and oxygen atoms in total. The zero-order chi connectivity index (χ0) is 22.4. The average Bonchev–Trinajstić information content (AvgIpc) is 2.83. The number of benzene rings is 2. The van der Waals surface area contributed by atoms with Crippen molar-refractivity contribution in [1.82, 2.24) is 10.5 Å². The number of rotatable bonds is 7. The minimum Gasteiger partial charge on any atom is -0.497 e. The number of methoxy groups -OCH3 is 2. The molecule has 31 heavy (non-hydrogen) atoms. The second kappa shape index (κ2) is 9.73. The van der Waals surface area contributed by atoms with E-state index in [0.29, 0.717) is 17.0 Å². The van der Waals surface area contributed by atoms with Gasteiger partial charge in [-0.2, -0.15) is 0 Å². The van der Waals surface area contributed by atoms with Gasteiger partial charge in [-0.15, -0.1) is 0 Å². The molecule has 0 bridgehead atoms. The molecule has 0 atom stereocenters. The van der Waals surface area contributed by atoms with Crippen molar-refractivity contribution in [3.63, 3.8) is 0 Å². The van der Waals surface area contributed by atoms with Gasteiger partial charge in [-0.25, -0.2) is 10.5 Å². The van der Waals surface area contributed by atoms with Gasteiger partial charge in [0, 0.05) is 11.1 Å². The maximum atomic E-state index is 12.5. The Balaban J connectivity index is 2.15. The molecular weight excluding hydrogens is 392 g/mol. The third kappa shape index (κ3) is 4.34. The van der Waals surface area contributed by atoms with Gasteiger partial charge in [0.2, 0.25) is 0 Å². The van der Waals surface area contributed by atoms with E-state index in [1.54, 1.807) is 18.7 Å². The quantitative estimate of drug-likeness (QED) is 0.407. The first-order valence-electron chi connectivity index (χ1n) is 9.64. The van der Waals surface area contributed by atoms with Crippen LogP contribution in [-0.4, -0.2) is 30.3 Å². The highest BCUT2D eigenvalue weighted by atomic mass is 16.5. The van der Waals surface area contributed by atoms with Crippen molar-refractivity contribution in [2.24, 2.45) is 0 Å². The maximum Gasteiger partial charge on any atom is 0.279 e. The molecule has 1 heterocycles. The number of aromatic nitrogens is 1. The van der Waals surface area contributed by atoms with E-state index in [1.165, 1.54) is 13.2 Å². The van der Waals surface area contributed by atoms with Crippen molar-refractivity contribution in [3.8, 4) is 33.9 Å². The zero-order valence-electron chi connectivity index (χ0n) is 17.7. The summed E-state index contributed by atoms with van der Waals surface area (Å²) >= 11 is 0. The Morgan fingerprint density at radius 2 is 1.58 bits per heavy atom. The molecule has 0 aliphatic heterocycles. The van der Waals surface area contributed by atoms with E-state index in [-0.39, 0.29) is 11.3 Å². The number of ether oxygens (including phenoxy) is 2. The molecule has 0 unspecified atom stereocenters. The van der Waals surface area contributed by atoms with Crippen LogP contribution in [0.25, 0.3) is 34.5 Å². The smallest absolute Gasteiger partial charge is 0.279 e. The standard InChI is InChI=1S/C25H24N2O4/c1-5-7-21-20(6-2)22(25(28)27-29)24(31-4)23(26-21)18-10-8-16(9-11-18)17-12-14-19(30-3)15-13-17/h5-15,29H,2H2,1,3-4H3,(H,27,28)/b7-5-. The monoisotopic (exact) mass is 416 g/mol. The van der Waals surface area contributed by atoms with Crippen molar-refractivity contribution in [2.75, 3.05) is 14.2 Å². The van der Waals surface area contributed by atoms with E-state index in [1.807, 2.05) is 61.5 Å². The van der Waals surface area contributed by atoms with Gasteiger partial charge in [0.05, 0.1) is 25.5 Å². The molecule has 0 saturated heterocycles. The molecule has 0 aliphatic rings. The number of allylic oxidation sites excluding steroid dienone is 1. The van der Waals surface area contributed by atoms with Gasteiger partial charge < -0.3 is 9.47 Å². The van der Waals surface area contributed by atoms with Crippen LogP contribution in [0.15, 0.2) is 61.2 Å². The van der Waals surface area contributed by atoms with Crippen molar-refractivity contribution in [3.05, 3.63) is 78.0 Å². The highest BCUT2D eigenvalue weighted by Crippen LogP contribution is 2.37. The van der Waals surface area contributed by atoms with Crippen molar-refractivity contribution in [1.29, 1.82) is 0 Å². The number of nitrogens with one attached hydrogen (secondary N) is 1. The van der Waals surface area contributed by atoms with Gasteiger partial charge in [0.1, 0.15) is 11.4 Å². The second-order valence-electron chi connectivity index (χ2n) is 6.62. The van der Waals surface area contributed by atoms with Crippen LogP contribution in [-0.2, 0) is 0 Å². The Hall–Kier alpha value is -3.90. The lowest BCUT2D eigenvalue weighted by molar-refractivity contribution is 0.0703. The minimum absolute atomic E-state index is 0.164. The van der Waals surface area contributed by atoms with E-state index in [2.05, 4.69) is 6.58 Å². The lowest BCUT2D eigenvalue weighted by Gasteiger charge is -2.17. The van der Waals surface area contributed by atoms with Gasteiger partial charge in [-0.1, -0.05) is 55.1 Å². The van der Waals surface area contributed by atoms with Gasteiger partial charge in [-0.3, -0.25) is 10.0 Å². The minimum atomic E-state index is -0.698.